The highest BCUT2D eigenvalue weighted by Crippen LogP contribution is 2.32. The molecule has 5 nitrogen and oxygen atoms in total. The van der Waals surface area contributed by atoms with Gasteiger partial charge in [0.1, 0.15) is 0 Å². The van der Waals surface area contributed by atoms with Crippen LogP contribution in [0.4, 0.5) is 18.9 Å². The largest absolute Gasteiger partial charge is 0.416 e. The Balaban J connectivity index is 2.40. The van der Waals surface area contributed by atoms with Crippen molar-refractivity contribution in [3.63, 3.8) is 0 Å². The second kappa shape index (κ2) is 9.51. The molecule has 164 valence electrons. The van der Waals surface area contributed by atoms with Crippen molar-refractivity contribution in [1.29, 1.82) is 0 Å². The highest BCUT2D eigenvalue weighted by atomic mass is 32.2. The van der Waals surface area contributed by atoms with E-state index in [1.165, 1.54) is 0 Å². The molecule has 0 saturated carbocycles. The lowest BCUT2D eigenvalue weighted by Gasteiger charge is -2.25. The van der Waals surface area contributed by atoms with Crippen LogP contribution in [0.3, 0.4) is 0 Å². The summed E-state index contributed by atoms with van der Waals surface area (Å²) in [6.45, 7) is 5.36. The van der Waals surface area contributed by atoms with Crippen molar-refractivity contribution in [2.24, 2.45) is 0 Å². The minimum Gasteiger partial charge on any atom is -0.354 e. The van der Waals surface area contributed by atoms with Gasteiger partial charge in [0.15, 0.2) is 0 Å². The number of benzene rings is 2. The zero-order valence-corrected chi connectivity index (χ0v) is 17.8. The van der Waals surface area contributed by atoms with E-state index >= 15 is 0 Å². The molecule has 1 amide bonds. The lowest BCUT2D eigenvalue weighted by molar-refractivity contribution is -0.137. The average molecular weight is 443 g/mol. The van der Waals surface area contributed by atoms with E-state index < -0.39 is 26.7 Å². The molecule has 1 N–H and O–H groups in total. The first-order chi connectivity index (χ1) is 13.9. The molecule has 0 radical (unpaired) electrons. The van der Waals surface area contributed by atoms with Gasteiger partial charge < -0.3 is 5.32 Å². The average Bonchev–Trinajstić information content (AvgIpc) is 2.68. The maximum absolute atomic E-state index is 13.2. The van der Waals surface area contributed by atoms with Crippen molar-refractivity contribution in [3.8, 4) is 0 Å². The topological polar surface area (TPSA) is 66.5 Å². The quantitative estimate of drug-likeness (QED) is 0.654. The van der Waals surface area contributed by atoms with E-state index in [0.29, 0.717) is 6.07 Å². The van der Waals surface area contributed by atoms with Crippen molar-refractivity contribution in [1.82, 2.24) is 5.32 Å². The molecule has 0 aliphatic rings. The molecule has 2 aromatic carbocycles. The number of rotatable bonds is 8. The van der Waals surface area contributed by atoms with Gasteiger partial charge in [-0.25, -0.2) is 8.42 Å². The van der Waals surface area contributed by atoms with Crippen molar-refractivity contribution in [3.05, 3.63) is 59.7 Å². The molecule has 0 bridgehead atoms. The molecule has 9 heteroatoms. The lowest BCUT2D eigenvalue weighted by Crippen LogP contribution is -2.37. The molecule has 0 heterocycles. The van der Waals surface area contributed by atoms with Crippen molar-refractivity contribution in [2.45, 2.75) is 50.7 Å². The van der Waals surface area contributed by atoms with Crippen LogP contribution in [0.5, 0.6) is 0 Å². The lowest BCUT2D eigenvalue weighted by atomic mass is 10.2. The number of sulfonamides is 1. The summed E-state index contributed by atoms with van der Waals surface area (Å²) in [7, 11) is -4.33. The van der Waals surface area contributed by atoms with Crippen molar-refractivity contribution in [2.75, 3.05) is 10.8 Å². The maximum Gasteiger partial charge on any atom is 0.416 e. The number of nitrogens with one attached hydrogen (secondary N) is 1. The van der Waals surface area contributed by atoms with E-state index in [4.69, 9.17) is 0 Å². The SMILES string of the molecule is CCC(C)NC(=O)CCN(c1ccc(C)cc1)S(=O)(=O)c1cccc(C(F)(F)F)c1. The molecule has 1 unspecified atom stereocenters. The first-order valence-corrected chi connectivity index (χ1v) is 10.9. The number of halogens is 3. The van der Waals surface area contributed by atoms with Crippen LogP contribution in [-0.4, -0.2) is 26.9 Å². The third-order valence-corrected chi connectivity index (χ3v) is 6.46. The van der Waals surface area contributed by atoms with Crippen LogP contribution in [0.15, 0.2) is 53.4 Å². The zero-order chi connectivity index (χ0) is 22.5. The molecule has 30 heavy (non-hydrogen) atoms. The standard InChI is InChI=1S/C21H25F3N2O3S/c1-4-16(3)25-20(27)12-13-26(18-10-8-15(2)9-11-18)30(28,29)19-7-5-6-17(14-19)21(22,23)24/h5-11,14,16H,4,12-13H2,1-3H3,(H,25,27). The first-order valence-electron chi connectivity index (χ1n) is 9.51. The van der Waals surface area contributed by atoms with Gasteiger partial charge in [-0.3, -0.25) is 9.10 Å². The Labute approximate surface area is 175 Å². The normalized spacial score (nSPS) is 13.0. The fourth-order valence-electron chi connectivity index (χ4n) is 2.71. The Morgan fingerprint density at radius 2 is 1.77 bits per heavy atom. The minimum atomic E-state index is -4.67. The number of alkyl halides is 3. The van der Waals surface area contributed by atoms with E-state index in [9.17, 15) is 26.4 Å². The molecule has 0 fully saturated rings. The Kier molecular flexibility index (Phi) is 7.52. The third-order valence-electron chi connectivity index (χ3n) is 4.63. The van der Waals surface area contributed by atoms with E-state index in [1.807, 2.05) is 20.8 Å². The van der Waals surface area contributed by atoms with E-state index in [2.05, 4.69) is 5.32 Å². The van der Waals surface area contributed by atoms with Crippen LogP contribution >= 0.6 is 0 Å². The first kappa shape index (κ1) is 23.7. The van der Waals surface area contributed by atoms with Gasteiger partial charge in [0.05, 0.1) is 16.1 Å². The number of aryl methyl sites for hydroxylation is 1. The van der Waals surface area contributed by atoms with Gasteiger partial charge >= 0.3 is 6.18 Å². The van der Waals surface area contributed by atoms with Gasteiger partial charge in [0, 0.05) is 19.0 Å². The van der Waals surface area contributed by atoms with Crippen LogP contribution in [0.2, 0.25) is 0 Å². The Hall–Kier alpha value is -2.55. The molecule has 1 atom stereocenters. The molecular formula is C21H25F3N2O3S. The summed E-state index contributed by atoms with van der Waals surface area (Å²) in [4.78, 5) is 11.7. The van der Waals surface area contributed by atoms with Crippen LogP contribution in [0.25, 0.3) is 0 Å². The van der Waals surface area contributed by atoms with Crippen molar-refractivity contribution < 1.29 is 26.4 Å². The summed E-state index contributed by atoms with van der Waals surface area (Å²) in [5.74, 6) is -0.333. The Bertz CT molecular complexity index is 974. The molecule has 0 saturated heterocycles. The van der Waals surface area contributed by atoms with Gasteiger partial charge in [0.2, 0.25) is 5.91 Å². The molecular weight excluding hydrogens is 417 g/mol. The van der Waals surface area contributed by atoms with Crippen LogP contribution < -0.4 is 9.62 Å². The third kappa shape index (κ3) is 5.98. The number of carbonyl (C=O) groups excluding carboxylic acids is 1. The predicted molar refractivity (Wildman–Crippen MR) is 110 cm³/mol. The number of hydrogen-bond donors (Lipinski definition) is 1. The summed E-state index contributed by atoms with van der Waals surface area (Å²) < 4.78 is 66.6. The van der Waals surface area contributed by atoms with E-state index in [-0.39, 0.29) is 30.6 Å². The van der Waals surface area contributed by atoms with Gasteiger partial charge in [0.25, 0.3) is 10.0 Å². The summed E-state index contributed by atoms with van der Waals surface area (Å²) in [6.07, 6.45) is -4.08. The maximum atomic E-state index is 13.2. The van der Waals surface area contributed by atoms with Gasteiger partial charge in [-0.2, -0.15) is 13.2 Å². The second-order valence-electron chi connectivity index (χ2n) is 7.07. The smallest absolute Gasteiger partial charge is 0.354 e. The number of amides is 1. The Morgan fingerprint density at radius 3 is 2.33 bits per heavy atom. The minimum absolute atomic E-state index is 0.0644. The fourth-order valence-corrected chi connectivity index (χ4v) is 4.22. The van der Waals surface area contributed by atoms with Crippen LogP contribution in [0.1, 0.15) is 37.8 Å². The predicted octanol–water partition coefficient (Wildman–Crippen LogP) is 4.51. The molecule has 2 aromatic rings. The number of nitrogens with zero attached hydrogens (tertiary/aromatic N) is 1. The fraction of sp³-hybridized carbons (Fsp3) is 0.381. The van der Waals surface area contributed by atoms with Gasteiger partial charge in [-0.1, -0.05) is 30.7 Å². The zero-order valence-electron chi connectivity index (χ0n) is 17.0. The molecule has 0 spiro atoms. The summed E-state index contributed by atoms with van der Waals surface area (Å²) in [6, 6.07) is 10.0. The highest BCUT2D eigenvalue weighted by molar-refractivity contribution is 7.92. The van der Waals surface area contributed by atoms with E-state index in [1.54, 1.807) is 24.3 Å². The van der Waals surface area contributed by atoms with Crippen LogP contribution in [0, 0.1) is 6.92 Å². The highest BCUT2D eigenvalue weighted by Gasteiger charge is 2.33. The molecule has 2 rings (SSSR count). The second-order valence-corrected chi connectivity index (χ2v) is 8.93. The summed E-state index contributed by atoms with van der Waals surface area (Å²) in [5.41, 5.74) is 0.112. The van der Waals surface area contributed by atoms with Gasteiger partial charge in [-0.15, -0.1) is 0 Å². The molecule has 0 aromatic heterocycles. The Morgan fingerprint density at radius 1 is 1.13 bits per heavy atom. The number of hydrogen-bond acceptors (Lipinski definition) is 3. The molecule has 0 aliphatic carbocycles. The molecule has 0 aliphatic heterocycles. The van der Waals surface area contributed by atoms with Crippen LogP contribution in [-0.2, 0) is 21.0 Å². The van der Waals surface area contributed by atoms with Gasteiger partial charge in [-0.05, 0) is 50.6 Å². The van der Waals surface area contributed by atoms with Crippen molar-refractivity contribution >= 4 is 21.6 Å². The number of carbonyl (C=O) groups is 1. The number of anilines is 1. The summed E-state index contributed by atoms with van der Waals surface area (Å²) in [5, 5.41) is 2.76. The summed E-state index contributed by atoms with van der Waals surface area (Å²) >= 11 is 0. The monoisotopic (exact) mass is 442 g/mol. The van der Waals surface area contributed by atoms with E-state index in [0.717, 1.165) is 34.5 Å².